The minimum Gasteiger partial charge on any atom is -0.377 e. The fourth-order valence-electron chi connectivity index (χ4n) is 1.40. The lowest BCUT2D eigenvalue weighted by molar-refractivity contribution is 0.110. The van der Waals surface area contributed by atoms with E-state index in [2.05, 4.69) is 37.8 Å². The quantitative estimate of drug-likeness (QED) is 0.624. The number of hydrogen-bond donors (Lipinski definition) is 1. The van der Waals surface area contributed by atoms with Gasteiger partial charge in [0.15, 0.2) is 0 Å². The summed E-state index contributed by atoms with van der Waals surface area (Å²) in [6.45, 7) is 6.27. The molecule has 0 saturated carbocycles. The molecule has 0 aromatic heterocycles. The fraction of sp³-hybridized carbons (Fsp3) is 0.467. The molecule has 0 atom stereocenters. The molecule has 0 bridgehead atoms. The van der Waals surface area contributed by atoms with Gasteiger partial charge in [-0.25, -0.2) is 0 Å². The summed E-state index contributed by atoms with van der Waals surface area (Å²) in [6.07, 6.45) is 1.10. The van der Waals surface area contributed by atoms with Gasteiger partial charge in [0.05, 0.1) is 13.2 Å². The van der Waals surface area contributed by atoms with Gasteiger partial charge in [0.1, 0.15) is 0 Å². The van der Waals surface area contributed by atoms with Gasteiger partial charge in [-0.05, 0) is 30.0 Å². The van der Waals surface area contributed by atoms with E-state index in [-0.39, 0.29) is 0 Å². The van der Waals surface area contributed by atoms with Gasteiger partial charge in [0.2, 0.25) is 0 Å². The van der Waals surface area contributed by atoms with Crippen LogP contribution in [0.5, 0.6) is 0 Å². The summed E-state index contributed by atoms with van der Waals surface area (Å²) in [5, 5.41) is 0. The smallest absolute Gasteiger partial charge is 0.0717 e. The number of hydrogen-bond acceptors (Lipinski definition) is 2. The van der Waals surface area contributed by atoms with Crippen LogP contribution in [0.15, 0.2) is 24.3 Å². The van der Waals surface area contributed by atoms with Crippen LogP contribution in [-0.2, 0) is 11.3 Å². The molecule has 1 rings (SSSR count). The van der Waals surface area contributed by atoms with Crippen LogP contribution in [0.25, 0.3) is 0 Å². The normalized spacial score (nSPS) is 10.1. The van der Waals surface area contributed by atoms with Gasteiger partial charge in [-0.1, -0.05) is 37.8 Å². The third-order valence-electron chi connectivity index (χ3n) is 2.37. The van der Waals surface area contributed by atoms with Crippen LogP contribution in [0, 0.1) is 17.8 Å². The molecule has 0 aliphatic carbocycles. The van der Waals surface area contributed by atoms with Gasteiger partial charge < -0.3 is 10.5 Å². The molecular weight excluding hydrogens is 210 g/mol. The molecule has 0 aliphatic heterocycles. The van der Waals surface area contributed by atoms with E-state index in [1.54, 1.807) is 0 Å². The Hall–Kier alpha value is -1.30. The Bertz CT molecular complexity index is 387. The molecule has 0 unspecified atom stereocenters. The fourth-order valence-corrected chi connectivity index (χ4v) is 1.40. The van der Waals surface area contributed by atoms with Crippen LogP contribution in [0.2, 0.25) is 0 Å². The van der Waals surface area contributed by atoms with Crippen LogP contribution >= 0.6 is 0 Å². The molecular formula is C15H21NO. The van der Waals surface area contributed by atoms with Crippen LogP contribution < -0.4 is 5.73 Å². The molecule has 0 radical (unpaired) electrons. The predicted octanol–water partition coefficient (Wildman–Crippen LogP) is 2.56. The molecule has 0 heterocycles. The monoisotopic (exact) mass is 231 g/mol. The van der Waals surface area contributed by atoms with Crippen LogP contribution in [0.3, 0.4) is 0 Å². The maximum atomic E-state index is 5.62. The summed E-state index contributed by atoms with van der Waals surface area (Å²) < 4.78 is 5.62. The van der Waals surface area contributed by atoms with Gasteiger partial charge in [0, 0.05) is 12.2 Å². The molecule has 1 aromatic rings. The second-order valence-electron chi connectivity index (χ2n) is 4.44. The summed E-state index contributed by atoms with van der Waals surface area (Å²) in [5.74, 6) is 6.57. The first kappa shape index (κ1) is 13.8. The lowest BCUT2D eigenvalue weighted by Gasteiger charge is -2.06. The van der Waals surface area contributed by atoms with Crippen molar-refractivity contribution in [1.29, 1.82) is 0 Å². The molecule has 0 fully saturated rings. The van der Waals surface area contributed by atoms with Crippen molar-refractivity contribution >= 4 is 0 Å². The number of nitrogens with two attached hydrogens (primary N) is 1. The first-order valence-electron chi connectivity index (χ1n) is 6.08. The first-order valence-corrected chi connectivity index (χ1v) is 6.08. The Morgan fingerprint density at radius 1 is 1.35 bits per heavy atom. The van der Waals surface area contributed by atoms with Gasteiger partial charge in [-0.3, -0.25) is 0 Å². The second-order valence-corrected chi connectivity index (χ2v) is 4.44. The average molecular weight is 231 g/mol. The highest BCUT2D eigenvalue weighted by atomic mass is 16.5. The predicted molar refractivity (Wildman–Crippen MR) is 71.5 cm³/mol. The largest absolute Gasteiger partial charge is 0.377 e. The third kappa shape index (κ3) is 6.11. The maximum absolute atomic E-state index is 5.62. The zero-order valence-electron chi connectivity index (χ0n) is 10.7. The standard InChI is InChI=1S/C15H21NO/c1-13(2)8-10-17-12-15-6-3-5-14(11-15)7-4-9-16/h3,5-6,11,13H,8-10,12,16H2,1-2H3. The highest BCUT2D eigenvalue weighted by Crippen LogP contribution is 2.07. The van der Waals surface area contributed by atoms with E-state index in [4.69, 9.17) is 10.5 Å². The maximum Gasteiger partial charge on any atom is 0.0717 e. The van der Waals surface area contributed by atoms with Crippen molar-refractivity contribution in [3.05, 3.63) is 35.4 Å². The minimum atomic E-state index is 0.398. The Morgan fingerprint density at radius 3 is 2.88 bits per heavy atom. The Balaban J connectivity index is 2.43. The zero-order valence-corrected chi connectivity index (χ0v) is 10.7. The zero-order chi connectivity index (χ0) is 12.5. The molecule has 2 nitrogen and oxygen atoms in total. The summed E-state index contributed by atoms with van der Waals surface area (Å²) in [7, 11) is 0. The minimum absolute atomic E-state index is 0.398. The molecule has 92 valence electrons. The van der Waals surface area contributed by atoms with Crippen molar-refractivity contribution in [1.82, 2.24) is 0 Å². The van der Waals surface area contributed by atoms with E-state index >= 15 is 0 Å². The SMILES string of the molecule is CC(C)CCOCc1cccc(C#CCN)c1. The van der Waals surface area contributed by atoms with E-state index in [1.807, 2.05) is 12.1 Å². The van der Waals surface area contributed by atoms with Crippen LogP contribution in [0.1, 0.15) is 31.4 Å². The average Bonchev–Trinajstić information content (AvgIpc) is 2.32. The van der Waals surface area contributed by atoms with Crippen molar-refractivity contribution in [3.8, 4) is 11.8 Å². The summed E-state index contributed by atoms with van der Waals surface area (Å²) >= 11 is 0. The molecule has 2 heteroatoms. The molecule has 0 spiro atoms. The van der Waals surface area contributed by atoms with Crippen LogP contribution in [0.4, 0.5) is 0 Å². The van der Waals surface area contributed by atoms with Crippen LogP contribution in [-0.4, -0.2) is 13.2 Å². The lowest BCUT2D eigenvalue weighted by Crippen LogP contribution is -1.99. The van der Waals surface area contributed by atoms with E-state index in [9.17, 15) is 0 Å². The second kappa shape index (κ2) is 7.89. The molecule has 0 amide bonds. The molecule has 0 saturated heterocycles. The van der Waals surface area contributed by atoms with Crippen molar-refractivity contribution < 1.29 is 4.74 Å². The highest BCUT2D eigenvalue weighted by Gasteiger charge is 1.96. The Kier molecular flexibility index (Phi) is 6.39. The van der Waals surface area contributed by atoms with E-state index in [0.29, 0.717) is 19.1 Å². The van der Waals surface area contributed by atoms with Gasteiger partial charge in [-0.2, -0.15) is 0 Å². The molecule has 0 aliphatic rings. The molecule has 2 N–H and O–H groups in total. The van der Waals surface area contributed by atoms with E-state index < -0.39 is 0 Å². The number of rotatable bonds is 5. The van der Waals surface area contributed by atoms with Crippen molar-refractivity contribution in [2.45, 2.75) is 26.9 Å². The third-order valence-corrected chi connectivity index (χ3v) is 2.37. The summed E-state index contributed by atoms with van der Waals surface area (Å²) in [5.41, 5.74) is 7.51. The van der Waals surface area contributed by atoms with E-state index in [1.165, 1.54) is 0 Å². The van der Waals surface area contributed by atoms with Crippen molar-refractivity contribution in [2.75, 3.05) is 13.2 Å². The first-order chi connectivity index (χ1) is 8.22. The highest BCUT2D eigenvalue weighted by molar-refractivity contribution is 5.37. The topological polar surface area (TPSA) is 35.2 Å². The Labute approximate surface area is 104 Å². The lowest BCUT2D eigenvalue weighted by atomic mass is 10.1. The van der Waals surface area contributed by atoms with Crippen molar-refractivity contribution in [2.24, 2.45) is 11.7 Å². The molecule has 1 aromatic carbocycles. The number of ether oxygens (including phenoxy) is 1. The number of benzene rings is 1. The molecule has 17 heavy (non-hydrogen) atoms. The van der Waals surface area contributed by atoms with Gasteiger partial charge in [-0.15, -0.1) is 0 Å². The summed E-state index contributed by atoms with van der Waals surface area (Å²) in [4.78, 5) is 0. The van der Waals surface area contributed by atoms with Gasteiger partial charge in [0.25, 0.3) is 0 Å². The van der Waals surface area contributed by atoms with Gasteiger partial charge >= 0.3 is 0 Å². The van der Waals surface area contributed by atoms with E-state index in [0.717, 1.165) is 24.2 Å². The Morgan fingerprint density at radius 2 is 2.18 bits per heavy atom. The summed E-state index contributed by atoms with van der Waals surface area (Å²) in [6, 6.07) is 8.10. The van der Waals surface area contributed by atoms with Crippen molar-refractivity contribution in [3.63, 3.8) is 0 Å².